The molecule has 6 nitrogen and oxygen atoms in total. The molecule has 2 aromatic rings. The number of methoxy groups -OCH3 is 1. The van der Waals surface area contributed by atoms with Crippen molar-refractivity contribution in [1.29, 1.82) is 0 Å². The standard InChI is InChI=1S/C21H18BrNO5/c1-11-4-9-15(10-16(11)22)23-18(17(12(2)24)19(25)20(23)26)13-5-7-14(8-6-13)21(27)28-3/h4-10,18,25H,1-3H3. The lowest BCUT2D eigenvalue weighted by atomic mass is 9.95. The molecule has 0 radical (unpaired) electrons. The molecule has 144 valence electrons. The highest BCUT2D eigenvalue weighted by atomic mass is 79.9. The second-order valence-corrected chi connectivity index (χ2v) is 7.30. The van der Waals surface area contributed by atoms with Gasteiger partial charge in [-0.05, 0) is 49.2 Å². The van der Waals surface area contributed by atoms with Gasteiger partial charge in [0.05, 0.1) is 24.3 Å². The number of rotatable bonds is 4. The summed E-state index contributed by atoms with van der Waals surface area (Å²) >= 11 is 3.45. The van der Waals surface area contributed by atoms with Crippen LogP contribution in [-0.4, -0.2) is 29.9 Å². The Morgan fingerprint density at radius 2 is 1.79 bits per heavy atom. The molecule has 1 heterocycles. The Balaban J connectivity index is 2.13. The largest absolute Gasteiger partial charge is 0.503 e. The van der Waals surface area contributed by atoms with E-state index in [2.05, 4.69) is 15.9 Å². The number of halogens is 1. The average Bonchev–Trinajstić information content (AvgIpc) is 2.95. The summed E-state index contributed by atoms with van der Waals surface area (Å²) in [7, 11) is 1.29. The summed E-state index contributed by atoms with van der Waals surface area (Å²) in [6, 6.07) is 11.0. The SMILES string of the molecule is COC(=O)c1ccc(C2C(C(C)=O)=C(O)C(=O)N2c2ccc(C)c(Br)c2)cc1. The fraction of sp³-hybridized carbons (Fsp3) is 0.190. The van der Waals surface area contributed by atoms with Gasteiger partial charge in [0.1, 0.15) is 0 Å². The first kappa shape index (κ1) is 19.8. The van der Waals surface area contributed by atoms with Gasteiger partial charge in [0.2, 0.25) is 0 Å². The van der Waals surface area contributed by atoms with E-state index >= 15 is 0 Å². The molecule has 1 N–H and O–H groups in total. The Labute approximate surface area is 170 Å². The lowest BCUT2D eigenvalue weighted by molar-refractivity contribution is -0.117. The number of ketones is 1. The maximum absolute atomic E-state index is 12.8. The highest BCUT2D eigenvalue weighted by molar-refractivity contribution is 9.10. The zero-order valence-corrected chi connectivity index (χ0v) is 17.1. The molecule has 28 heavy (non-hydrogen) atoms. The number of ether oxygens (including phenoxy) is 1. The first-order valence-electron chi connectivity index (χ1n) is 8.48. The van der Waals surface area contributed by atoms with Crippen LogP contribution in [0.2, 0.25) is 0 Å². The third kappa shape index (κ3) is 3.33. The number of aryl methyl sites for hydroxylation is 1. The second kappa shape index (κ2) is 7.59. The van der Waals surface area contributed by atoms with Crippen molar-refractivity contribution >= 4 is 39.3 Å². The summed E-state index contributed by atoms with van der Waals surface area (Å²) in [4.78, 5) is 38.1. The van der Waals surface area contributed by atoms with Crippen LogP contribution < -0.4 is 4.90 Å². The minimum absolute atomic E-state index is 0.0208. The number of aliphatic hydroxyl groups is 1. The first-order chi connectivity index (χ1) is 13.3. The molecule has 0 saturated carbocycles. The van der Waals surface area contributed by atoms with E-state index in [9.17, 15) is 19.5 Å². The van der Waals surface area contributed by atoms with Crippen molar-refractivity contribution < 1.29 is 24.2 Å². The van der Waals surface area contributed by atoms with Gasteiger partial charge in [-0.15, -0.1) is 0 Å². The van der Waals surface area contributed by atoms with E-state index in [1.165, 1.54) is 18.9 Å². The Kier molecular flexibility index (Phi) is 5.38. The molecule has 0 bridgehead atoms. The fourth-order valence-electron chi connectivity index (χ4n) is 3.20. The minimum Gasteiger partial charge on any atom is -0.503 e. The van der Waals surface area contributed by atoms with E-state index in [1.807, 2.05) is 13.0 Å². The van der Waals surface area contributed by atoms with Crippen LogP contribution in [0.4, 0.5) is 5.69 Å². The monoisotopic (exact) mass is 443 g/mol. The Hall–Kier alpha value is -2.93. The van der Waals surface area contributed by atoms with Crippen LogP contribution in [0.1, 0.15) is 34.5 Å². The molecule has 3 rings (SSSR count). The first-order valence-corrected chi connectivity index (χ1v) is 9.27. The number of Topliss-reactive ketones (excluding diaryl/α,β-unsaturated/α-hetero) is 1. The third-order valence-electron chi connectivity index (χ3n) is 4.67. The maximum atomic E-state index is 12.8. The van der Waals surface area contributed by atoms with Gasteiger partial charge in [0.25, 0.3) is 5.91 Å². The smallest absolute Gasteiger partial charge is 0.337 e. The van der Waals surface area contributed by atoms with Crippen LogP contribution in [0.25, 0.3) is 0 Å². The molecule has 1 atom stereocenters. The molecular formula is C21H18BrNO5. The molecule has 0 fully saturated rings. The third-order valence-corrected chi connectivity index (χ3v) is 5.52. The van der Waals surface area contributed by atoms with Gasteiger partial charge >= 0.3 is 5.97 Å². The van der Waals surface area contributed by atoms with Gasteiger partial charge in [-0.2, -0.15) is 0 Å². The van der Waals surface area contributed by atoms with E-state index in [1.54, 1.807) is 36.4 Å². The number of carbonyl (C=O) groups excluding carboxylic acids is 3. The van der Waals surface area contributed by atoms with Crippen molar-refractivity contribution in [2.75, 3.05) is 12.0 Å². The topological polar surface area (TPSA) is 83.9 Å². The summed E-state index contributed by atoms with van der Waals surface area (Å²) in [5, 5.41) is 10.4. The number of hydrogen-bond donors (Lipinski definition) is 1. The van der Waals surface area contributed by atoms with Gasteiger partial charge < -0.3 is 9.84 Å². The number of aliphatic hydroxyl groups excluding tert-OH is 1. The van der Waals surface area contributed by atoms with E-state index in [-0.39, 0.29) is 5.57 Å². The van der Waals surface area contributed by atoms with Crippen molar-refractivity contribution in [3.63, 3.8) is 0 Å². The van der Waals surface area contributed by atoms with Crippen molar-refractivity contribution in [3.8, 4) is 0 Å². The highest BCUT2D eigenvalue weighted by Gasteiger charge is 2.43. The second-order valence-electron chi connectivity index (χ2n) is 6.44. The molecule has 2 aromatic carbocycles. The number of hydrogen-bond acceptors (Lipinski definition) is 5. The summed E-state index contributed by atoms with van der Waals surface area (Å²) < 4.78 is 5.50. The predicted octanol–water partition coefficient (Wildman–Crippen LogP) is 4.03. The minimum atomic E-state index is -0.800. The molecule has 7 heteroatoms. The van der Waals surface area contributed by atoms with E-state index in [0.717, 1.165) is 10.0 Å². The molecule has 1 amide bonds. The Morgan fingerprint density at radius 1 is 1.14 bits per heavy atom. The lowest BCUT2D eigenvalue weighted by Crippen LogP contribution is -2.30. The summed E-state index contributed by atoms with van der Waals surface area (Å²) in [5.41, 5.74) is 2.47. The van der Waals surface area contributed by atoms with Crippen LogP contribution >= 0.6 is 15.9 Å². The van der Waals surface area contributed by atoms with Crippen LogP contribution in [0.3, 0.4) is 0 Å². The Morgan fingerprint density at radius 3 is 2.32 bits per heavy atom. The number of carbonyl (C=O) groups is 3. The molecular weight excluding hydrogens is 426 g/mol. The van der Waals surface area contributed by atoms with Crippen molar-refractivity contribution in [2.24, 2.45) is 0 Å². The van der Waals surface area contributed by atoms with Crippen LogP contribution in [0.5, 0.6) is 0 Å². The Bertz CT molecular complexity index is 1010. The maximum Gasteiger partial charge on any atom is 0.337 e. The molecule has 0 spiro atoms. The molecule has 1 aliphatic heterocycles. The number of anilines is 1. The zero-order valence-electron chi connectivity index (χ0n) is 15.5. The van der Waals surface area contributed by atoms with E-state index < -0.39 is 29.5 Å². The molecule has 0 saturated heterocycles. The van der Waals surface area contributed by atoms with Gasteiger partial charge in [-0.25, -0.2) is 4.79 Å². The summed E-state index contributed by atoms with van der Waals surface area (Å²) in [6.45, 7) is 3.22. The van der Waals surface area contributed by atoms with Crippen LogP contribution in [-0.2, 0) is 14.3 Å². The lowest BCUT2D eigenvalue weighted by Gasteiger charge is -2.27. The van der Waals surface area contributed by atoms with Crippen molar-refractivity contribution in [1.82, 2.24) is 0 Å². The normalized spacial score (nSPS) is 16.5. The number of benzene rings is 2. The predicted molar refractivity (Wildman–Crippen MR) is 107 cm³/mol. The molecule has 1 unspecified atom stereocenters. The van der Waals surface area contributed by atoms with E-state index in [0.29, 0.717) is 16.8 Å². The number of esters is 1. The molecule has 0 aromatic heterocycles. The number of amides is 1. The van der Waals surface area contributed by atoms with Crippen LogP contribution in [0.15, 0.2) is 58.3 Å². The van der Waals surface area contributed by atoms with Crippen molar-refractivity contribution in [2.45, 2.75) is 19.9 Å². The number of nitrogens with zero attached hydrogens (tertiary/aromatic N) is 1. The zero-order chi connectivity index (χ0) is 20.6. The summed E-state index contributed by atoms with van der Waals surface area (Å²) in [5.74, 6) is -2.10. The highest BCUT2D eigenvalue weighted by Crippen LogP contribution is 2.41. The van der Waals surface area contributed by atoms with E-state index in [4.69, 9.17) is 4.74 Å². The fourth-order valence-corrected chi connectivity index (χ4v) is 3.56. The van der Waals surface area contributed by atoms with Gasteiger partial charge in [0.15, 0.2) is 11.5 Å². The molecule has 1 aliphatic rings. The van der Waals surface area contributed by atoms with Crippen molar-refractivity contribution in [3.05, 3.63) is 75.0 Å². The summed E-state index contributed by atoms with van der Waals surface area (Å²) in [6.07, 6.45) is 0. The molecule has 0 aliphatic carbocycles. The quantitative estimate of drug-likeness (QED) is 0.720. The van der Waals surface area contributed by atoms with Gasteiger partial charge in [-0.1, -0.05) is 34.1 Å². The van der Waals surface area contributed by atoms with Crippen LogP contribution in [0, 0.1) is 6.92 Å². The van der Waals surface area contributed by atoms with Gasteiger partial charge in [0, 0.05) is 10.2 Å². The average molecular weight is 444 g/mol. The van der Waals surface area contributed by atoms with Gasteiger partial charge in [-0.3, -0.25) is 14.5 Å².